The van der Waals surface area contributed by atoms with Gasteiger partial charge in [-0.15, -0.1) is 0 Å². The highest BCUT2D eigenvalue weighted by molar-refractivity contribution is 5.87. The lowest BCUT2D eigenvalue weighted by atomic mass is 10.2. The first-order valence-electron chi connectivity index (χ1n) is 8.69. The van der Waals surface area contributed by atoms with Crippen molar-refractivity contribution >= 4 is 17.7 Å². The van der Waals surface area contributed by atoms with Gasteiger partial charge in [-0.05, 0) is 19.8 Å². The normalized spacial score (nSPS) is 19.8. The molecule has 3 amide bonds. The molecule has 1 atom stereocenters. The number of nitrogens with one attached hydrogen (secondary N) is 1. The van der Waals surface area contributed by atoms with Crippen LogP contribution in [-0.4, -0.2) is 90.5 Å². The Kier molecular flexibility index (Phi) is 6.48. The van der Waals surface area contributed by atoms with Crippen molar-refractivity contribution in [3.05, 3.63) is 0 Å². The van der Waals surface area contributed by atoms with Crippen molar-refractivity contribution < 1.29 is 27.6 Å². The van der Waals surface area contributed by atoms with Gasteiger partial charge >= 0.3 is 6.18 Å². The summed E-state index contributed by atoms with van der Waals surface area (Å²) in [6.07, 6.45) is -4.03. The average Bonchev–Trinajstić information content (AvgIpc) is 3.35. The highest BCUT2D eigenvalue weighted by Crippen LogP contribution is 2.21. The third kappa shape index (κ3) is 6.15. The third-order valence-electron chi connectivity index (χ3n) is 4.62. The number of carbonyl (C=O) groups is 3. The smallest absolute Gasteiger partial charge is 0.352 e. The molecule has 0 bridgehead atoms. The average molecular weight is 378 g/mol. The van der Waals surface area contributed by atoms with Crippen LogP contribution >= 0.6 is 0 Å². The van der Waals surface area contributed by atoms with Crippen molar-refractivity contribution in [2.45, 2.75) is 44.4 Å². The standard InChI is InChI=1S/C16H25F3N4O3/c1-11(15(26)21(2)10-13(24)20-12-3-4-12)22-5-7-23(8-6-22)14(25)9-16(17,18)19/h11-12H,3-10H2,1-2H3,(H,20,24). The molecule has 26 heavy (non-hydrogen) atoms. The molecule has 2 rings (SSSR count). The molecule has 1 aliphatic heterocycles. The maximum Gasteiger partial charge on any atom is 0.397 e. The highest BCUT2D eigenvalue weighted by Gasteiger charge is 2.35. The van der Waals surface area contributed by atoms with Crippen LogP contribution in [0.25, 0.3) is 0 Å². The molecule has 0 radical (unpaired) electrons. The predicted molar refractivity (Wildman–Crippen MR) is 87.1 cm³/mol. The summed E-state index contributed by atoms with van der Waals surface area (Å²) in [4.78, 5) is 40.2. The van der Waals surface area contributed by atoms with Gasteiger partial charge in [0.25, 0.3) is 0 Å². The maximum absolute atomic E-state index is 12.5. The predicted octanol–water partition coefficient (Wildman–Crippen LogP) is 0.209. The molecule has 2 fully saturated rings. The highest BCUT2D eigenvalue weighted by atomic mass is 19.4. The Balaban J connectivity index is 1.77. The molecule has 0 aromatic heterocycles. The van der Waals surface area contributed by atoms with E-state index < -0.39 is 24.5 Å². The maximum atomic E-state index is 12.5. The number of halogens is 3. The number of hydrogen-bond donors (Lipinski definition) is 1. The largest absolute Gasteiger partial charge is 0.397 e. The quantitative estimate of drug-likeness (QED) is 0.717. The Morgan fingerprint density at radius 3 is 2.23 bits per heavy atom. The summed E-state index contributed by atoms with van der Waals surface area (Å²) >= 11 is 0. The van der Waals surface area contributed by atoms with Gasteiger partial charge in [-0.25, -0.2) is 0 Å². The molecule has 1 saturated heterocycles. The summed E-state index contributed by atoms with van der Waals surface area (Å²) in [6, 6.07) is -0.278. The molecule has 0 spiro atoms. The van der Waals surface area contributed by atoms with Gasteiger partial charge in [0, 0.05) is 39.3 Å². The summed E-state index contributed by atoms with van der Waals surface area (Å²) in [6.45, 7) is 2.61. The second kappa shape index (κ2) is 8.24. The van der Waals surface area contributed by atoms with E-state index in [0.717, 1.165) is 12.8 Å². The molecule has 7 nitrogen and oxygen atoms in total. The van der Waals surface area contributed by atoms with Crippen molar-refractivity contribution in [1.29, 1.82) is 0 Å². The molecule has 2 aliphatic rings. The van der Waals surface area contributed by atoms with Gasteiger partial charge in [0.15, 0.2) is 0 Å². The number of likely N-dealkylation sites (N-methyl/N-ethyl adjacent to an activating group) is 1. The van der Waals surface area contributed by atoms with Crippen molar-refractivity contribution in [1.82, 2.24) is 20.0 Å². The second-order valence-corrected chi connectivity index (χ2v) is 6.92. The van der Waals surface area contributed by atoms with Gasteiger partial charge < -0.3 is 15.1 Å². The summed E-state index contributed by atoms with van der Waals surface area (Å²) in [7, 11) is 1.55. The monoisotopic (exact) mass is 378 g/mol. The van der Waals surface area contributed by atoms with Crippen LogP contribution in [0.4, 0.5) is 13.2 Å². The van der Waals surface area contributed by atoms with Gasteiger partial charge in [-0.3, -0.25) is 19.3 Å². The number of carbonyl (C=O) groups excluding carboxylic acids is 3. The zero-order valence-electron chi connectivity index (χ0n) is 15.0. The Hall–Kier alpha value is -1.84. The molecule has 10 heteroatoms. The van der Waals surface area contributed by atoms with Crippen molar-refractivity contribution in [2.24, 2.45) is 0 Å². The molecule has 1 aliphatic carbocycles. The van der Waals surface area contributed by atoms with E-state index >= 15 is 0 Å². The number of amides is 3. The molecule has 1 unspecified atom stereocenters. The van der Waals surface area contributed by atoms with Crippen LogP contribution in [0, 0.1) is 0 Å². The Morgan fingerprint density at radius 1 is 1.15 bits per heavy atom. The van der Waals surface area contributed by atoms with Gasteiger partial charge in [-0.1, -0.05) is 0 Å². The van der Waals surface area contributed by atoms with E-state index in [4.69, 9.17) is 0 Å². The van der Waals surface area contributed by atoms with Crippen LogP contribution < -0.4 is 5.32 Å². The zero-order chi connectivity index (χ0) is 19.5. The van der Waals surface area contributed by atoms with E-state index in [1.165, 1.54) is 9.80 Å². The molecule has 1 heterocycles. The fourth-order valence-corrected chi connectivity index (χ4v) is 2.91. The molecule has 0 aromatic rings. The van der Waals surface area contributed by atoms with Gasteiger partial charge in [0.05, 0.1) is 12.6 Å². The summed E-state index contributed by atoms with van der Waals surface area (Å²) < 4.78 is 36.9. The lowest BCUT2D eigenvalue weighted by molar-refractivity contribution is -0.162. The minimum Gasteiger partial charge on any atom is -0.352 e. The van der Waals surface area contributed by atoms with Crippen molar-refractivity contribution in [3.8, 4) is 0 Å². The van der Waals surface area contributed by atoms with Crippen LogP contribution in [0.2, 0.25) is 0 Å². The molecule has 0 aromatic carbocycles. The van der Waals surface area contributed by atoms with Crippen LogP contribution in [0.1, 0.15) is 26.2 Å². The van der Waals surface area contributed by atoms with Gasteiger partial charge in [0.2, 0.25) is 17.7 Å². The first kappa shape index (κ1) is 20.5. The summed E-state index contributed by atoms with van der Waals surface area (Å²) in [5.74, 6) is -1.37. The first-order valence-corrected chi connectivity index (χ1v) is 8.69. The van der Waals surface area contributed by atoms with E-state index in [1.54, 1.807) is 14.0 Å². The second-order valence-electron chi connectivity index (χ2n) is 6.92. The van der Waals surface area contributed by atoms with Crippen LogP contribution in [0.15, 0.2) is 0 Å². The minimum absolute atomic E-state index is 0.0241. The number of piperazine rings is 1. The summed E-state index contributed by atoms with van der Waals surface area (Å²) in [5.41, 5.74) is 0. The van der Waals surface area contributed by atoms with E-state index in [0.29, 0.717) is 13.1 Å². The van der Waals surface area contributed by atoms with Crippen molar-refractivity contribution in [3.63, 3.8) is 0 Å². The molecular weight excluding hydrogens is 353 g/mol. The zero-order valence-corrected chi connectivity index (χ0v) is 15.0. The van der Waals surface area contributed by atoms with E-state index in [2.05, 4.69) is 5.32 Å². The lowest BCUT2D eigenvalue weighted by Gasteiger charge is -2.38. The van der Waals surface area contributed by atoms with Crippen LogP contribution in [0.5, 0.6) is 0 Å². The van der Waals surface area contributed by atoms with E-state index in [1.807, 2.05) is 4.90 Å². The number of alkyl halides is 3. The Bertz CT molecular complexity index is 543. The van der Waals surface area contributed by atoms with Gasteiger partial charge in [-0.2, -0.15) is 13.2 Å². The Morgan fingerprint density at radius 2 is 1.73 bits per heavy atom. The van der Waals surface area contributed by atoms with E-state index in [-0.39, 0.29) is 37.5 Å². The van der Waals surface area contributed by atoms with Crippen LogP contribution in [0.3, 0.4) is 0 Å². The summed E-state index contributed by atoms with van der Waals surface area (Å²) in [5, 5.41) is 2.81. The Labute approximate surface area is 150 Å². The lowest BCUT2D eigenvalue weighted by Crippen LogP contribution is -2.56. The minimum atomic E-state index is -4.51. The number of hydrogen-bond acceptors (Lipinski definition) is 4. The molecule has 1 saturated carbocycles. The van der Waals surface area contributed by atoms with Crippen LogP contribution in [-0.2, 0) is 14.4 Å². The SMILES string of the molecule is CC(C(=O)N(C)CC(=O)NC1CC1)N1CCN(C(=O)CC(F)(F)F)CC1. The first-order chi connectivity index (χ1) is 12.1. The molecular formula is C16H25F3N4O3. The van der Waals surface area contributed by atoms with E-state index in [9.17, 15) is 27.6 Å². The molecule has 148 valence electrons. The molecule has 1 N–H and O–H groups in total. The fraction of sp³-hybridized carbons (Fsp3) is 0.812. The number of rotatable bonds is 6. The fourth-order valence-electron chi connectivity index (χ4n) is 2.91. The number of nitrogens with zero attached hydrogens (tertiary/aromatic N) is 3. The third-order valence-corrected chi connectivity index (χ3v) is 4.62. The van der Waals surface area contributed by atoms with Gasteiger partial charge in [0.1, 0.15) is 6.42 Å². The van der Waals surface area contributed by atoms with Crippen molar-refractivity contribution in [2.75, 3.05) is 39.8 Å². The topological polar surface area (TPSA) is 73.0 Å².